The molecule has 7 nitrogen and oxygen atoms in total. The SMILES string of the molecule is CC(C)c1cc(Br)ccc1OCC(=O)NNC(=O)c1ccc(NC(=O)C2CCCCC2)cc1. The molecule has 0 spiro atoms. The van der Waals surface area contributed by atoms with E-state index in [2.05, 4.69) is 32.1 Å². The molecule has 1 fully saturated rings. The van der Waals surface area contributed by atoms with Gasteiger partial charge in [-0.25, -0.2) is 0 Å². The fraction of sp³-hybridized carbons (Fsp3) is 0.400. The number of carbonyl (C=O) groups excluding carboxylic acids is 3. The summed E-state index contributed by atoms with van der Waals surface area (Å²) in [5, 5.41) is 2.92. The first kappa shape index (κ1) is 24.8. The number of anilines is 1. The van der Waals surface area contributed by atoms with Gasteiger partial charge in [0, 0.05) is 21.6 Å². The van der Waals surface area contributed by atoms with Crippen molar-refractivity contribution >= 4 is 39.3 Å². The van der Waals surface area contributed by atoms with Crippen LogP contribution in [0.15, 0.2) is 46.9 Å². The summed E-state index contributed by atoms with van der Waals surface area (Å²) >= 11 is 3.44. The Bertz CT molecular complexity index is 986. The number of hydrazine groups is 1. The van der Waals surface area contributed by atoms with E-state index in [1.54, 1.807) is 30.3 Å². The van der Waals surface area contributed by atoms with E-state index >= 15 is 0 Å². The predicted molar refractivity (Wildman–Crippen MR) is 131 cm³/mol. The quantitative estimate of drug-likeness (QED) is 0.455. The molecule has 0 radical (unpaired) electrons. The number of amides is 3. The fourth-order valence-corrected chi connectivity index (χ4v) is 4.17. The lowest BCUT2D eigenvalue weighted by molar-refractivity contribution is -0.124. The van der Waals surface area contributed by atoms with Gasteiger partial charge in [0.25, 0.3) is 11.8 Å². The second-order valence-corrected chi connectivity index (χ2v) is 9.45. The average molecular weight is 516 g/mol. The number of rotatable bonds is 7. The average Bonchev–Trinajstić information content (AvgIpc) is 2.82. The van der Waals surface area contributed by atoms with Crippen LogP contribution in [0.2, 0.25) is 0 Å². The summed E-state index contributed by atoms with van der Waals surface area (Å²) in [6, 6.07) is 12.2. The van der Waals surface area contributed by atoms with Crippen LogP contribution in [0, 0.1) is 5.92 Å². The van der Waals surface area contributed by atoms with E-state index < -0.39 is 11.8 Å². The Hall–Kier alpha value is -2.87. The van der Waals surface area contributed by atoms with Gasteiger partial charge < -0.3 is 10.1 Å². The molecule has 0 unspecified atom stereocenters. The molecule has 0 aromatic heterocycles. The molecule has 0 heterocycles. The highest BCUT2D eigenvalue weighted by Crippen LogP contribution is 2.29. The third kappa shape index (κ3) is 7.32. The second kappa shape index (κ2) is 11.8. The molecule has 176 valence electrons. The smallest absolute Gasteiger partial charge is 0.276 e. The maximum Gasteiger partial charge on any atom is 0.276 e. The van der Waals surface area contributed by atoms with E-state index in [0.717, 1.165) is 35.7 Å². The lowest BCUT2D eigenvalue weighted by Gasteiger charge is -2.20. The molecule has 1 aliphatic carbocycles. The van der Waals surface area contributed by atoms with Crippen molar-refractivity contribution in [3.63, 3.8) is 0 Å². The Balaban J connectivity index is 1.45. The van der Waals surface area contributed by atoms with E-state index in [0.29, 0.717) is 17.0 Å². The van der Waals surface area contributed by atoms with Gasteiger partial charge in [-0.05, 0) is 66.8 Å². The van der Waals surface area contributed by atoms with Crippen LogP contribution in [-0.4, -0.2) is 24.3 Å². The minimum absolute atomic E-state index is 0.0329. The normalized spacial score (nSPS) is 13.9. The van der Waals surface area contributed by atoms with Gasteiger partial charge in [-0.15, -0.1) is 0 Å². The Morgan fingerprint density at radius 2 is 1.70 bits per heavy atom. The predicted octanol–water partition coefficient (Wildman–Crippen LogP) is 4.93. The molecule has 2 aromatic rings. The third-order valence-corrected chi connectivity index (χ3v) is 6.15. The minimum Gasteiger partial charge on any atom is -0.483 e. The summed E-state index contributed by atoms with van der Waals surface area (Å²) in [5.74, 6) is 0.0207. The van der Waals surface area contributed by atoms with Crippen molar-refractivity contribution < 1.29 is 19.1 Å². The van der Waals surface area contributed by atoms with Crippen LogP contribution in [0.1, 0.15) is 67.8 Å². The molecular weight excluding hydrogens is 486 g/mol. The molecule has 3 rings (SSSR count). The summed E-state index contributed by atoms with van der Waals surface area (Å²) < 4.78 is 6.57. The number of nitrogens with one attached hydrogen (secondary N) is 3. The molecule has 3 N–H and O–H groups in total. The van der Waals surface area contributed by atoms with E-state index in [1.165, 1.54) is 6.42 Å². The van der Waals surface area contributed by atoms with Gasteiger partial charge in [0.2, 0.25) is 5.91 Å². The first-order valence-corrected chi connectivity index (χ1v) is 12.0. The number of hydrogen-bond acceptors (Lipinski definition) is 4. The molecule has 8 heteroatoms. The van der Waals surface area contributed by atoms with Gasteiger partial charge in [0.1, 0.15) is 5.75 Å². The van der Waals surface area contributed by atoms with E-state index in [9.17, 15) is 14.4 Å². The van der Waals surface area contributed by atoms with Crippen molar-refractivity contribution in [2.75, 3.05) is 11.9 Å². The van der Waals surface area contributed by atoms with Crippen LogP contribution in [-0.2, 0) is 9.59 Å². The maximum atomic E-state index is 12.4. The largest absolute Gasteiger partial charge is 0.483 e. The lowest BCUT2D eigenvalue weighted by atomic mass is 9.88. The molecule has 33 heavy (non-hydrogen) atoms. The van der Waals surface area contributed by atoms with Crippen LogP contribution in [0.3, 0.4) is 0 Å². The van der Waals surface area contributed by atoms with Crippen LogP contribution < -0.4 is 20.9 Å². The van der Waals surface area contributed by atoms with Gasteiger partial charge in [0.15, 0.2) is 6.61 Å². The number of ether oxygens (including phenoxy) is 1. The zero-order chi connectivity index (χ0) is 23.8. The summed E-state index contributed by atoms with van der Waals surface area (Å²) in [6.07, 6.45) is 5.23. The van der Waals surface area contributed by atoms with E-state index in [1.807, 2.05) is 26.0 Å². The second-order valence-electron chi connectivity index (χ2n) is 8.53. The van der Waals surface area contributed by atoms with Gasteiger partial charge in [-0.1, -0.05) is 49.0 Å². The fourth-order valence-electron chi connectivity index (χ4n) is 3.79. The minimum atomic E-state index is -0.475. The first-order chi connectivity index (χ1) is 15.8. The standard InChI is InChI=1S/C25H30BrN3O4/c1-16(2)21-14-19(26)10-13-22(21)33-15-23(30)28-29-25(32)18-8-11-20(12-9-18)27-24(31)17-6-4-3-5-7-17/h8-14,16-17H,3-7,15H2,1-2H3,(H,27,31)(H,28,30)(H,29,32). The Morgan fingerprint density at radius 1 is 1.00 bits per heavy atom. The zero-order valence-electron chi connectivity index (χ0n) is 18.9. The molecular formula is C25H30BrN3O4. The van der Waals surface area contributed by atoms with Crippen molar-refractivity contribution in [1.82, 2.24) is 10.9 Å². The molecule has 0 atom stereocenters. The Labute approximate surface area is 202 Å². The summed E-state index contributed by atoms with van der Waals surface area (Å²) in [4.78, 5) is 36.8. The summed E-state index contributed by atoms with van der Waals surface area (Å²) in [6.45, 7) is 3.86. The van der Waals surface area contributed by atoms with E-state index in [-0.39, 0.29) is 24.3 Å². The van der Waals surface area contributed by atoms with Crippen LogP contribution in [0.25, 0.3) is 0 Å². The molecule has 3 amide bonds. The van der Waals surface area contributed by atoms with Gasteiger partial charge in [0.05, 0.1) is 0 Å². The van der Waals surface area contributed by atoms with Gasteiger partial charge in [-0.2, -0.15) is 0 Å². The van der Waals surface area contributed by atoms with E-state index in [4.69, 9.17) is 4.74 Å². The molecule has 1 saturated carbocycles. The third-order valence-electron chi connectivity index (χ3n) is 5.66. The first-order valence-electron chi connectivity index (χ1n) is 11.3. The van der Waals surface area contributed by atoms with Gasteiger partial charge >= 0.3 is 0 Å². The number of benzene rings is 2. The highest BCUT2D eigenvalue weighted by Gasteiger charge is 2.21. The topological polar surface area (TPSA) is 96.5 Å². The maximum absolute atomic E-state index is 12.4. The van der Waals surface area contributed by atoms with Crippen molar-refractivity contribution in [2.24, 2.45) is 5.92 Å². The Kier molecular flexibility index (Phi) is 8.88. The van der Waals surface area contributed by atoms with Crippen molar-refractivity contribution in [3.8, 4) is 5.75 Å². The lowest BCUT2D eigenvalue weighted by Crippen LogP contribution is -2.43. The zero-order valence-corrected chi connectivity index (χ0v) is 20.5. The Morgan fingerprint density at radius 3 is 2.36 bits per heavy atom. The van der Waals surface area contributed by atoms with Crippen molar-refractivity contribution in [3.05, 3.63) is 58.1 Å². The summed E-state index contributed by atoms with van der Waals surface area (Å²) in [7, 11) is 0. The van der Waals surface area contributed by atoms with Crippen LogP contribution >= 0.6 is 15.9 Å². The monoisotopic (exact) mass is 515 g/mol. The molecule has 0 bridgehead atoms. The number of hydrogen-bond donors (Lipinski definition) is 3. The van der Waals surface area contributed by atoms with Gasteiger partial charge in [-0.3, -0.25) is 25.2 Å². The molecule has 0 saturated heterocycles. The van der Waals surface area contributed by atoms with Crippen molar-refractivity contribution in [1.29, 1.82) is 0 Å². The highest BCUT2D eigenvalue weighted by atomic mass is 79.9. The molecule has 2 aromatic carbocycles. The highest BCUT2D eigenvalue weighted by molar-refractivity contribution is 9.10. The molecule has 0 aliphatic heterocycles. The van der Waals surface area contributed by atoms with Crippen molar-refractivity contribution in [2.45, 2.75) is 51.9 Å². The molecule has 1 aliphatic rings. The van der Waals surface area contributed by atoms with Crippen LogP contribution in [0.5, 0.6) is 5.75 Å². The summed E-state index contributed by atoms with van der Waals surface area (Å²) in [5.41, 5.74) is 6.73. The number of carbonyl (C=O) groups is 3. The number of halogens is 1. The van der Waals surface area contributed by atoms with Crippen LogP contribution in [0.4, 0.5) is 5.69 Å².